The van der Waals surface area contributed by atoms with Crippen LogP contribution in [0.3, 0.4) is 0 Å². The Labute approximate surface area is 107 Å². The van der Waals surface area contributed by atoms with Crippen molar-refractivity contribution in [2.24, 2.45) is 0 Å². The summed E-state index contributed by atoms with van der Waals surface area (Å²) in [6.45, 7) is 3.80. The van der Waals surface area contributed by atoms with Crippen molar-refractivity contribution in [3.05, 3.63) is 18.2 Å². The zero-order valence-electron chi connectivity index (χ0n) is 10.6. The Balaban J connectivity index is 2.64. The first kappa shape index (κ1) is 12.9. The molecule has 0 saturated carbocycles. The van der Waals surface area contributed by atoms with Crippen LogP contribution in [0.2, 0.25) is 0 Å². The third-order valence-corrected chi connectivity index (χ3v) is 3.90. The van der Waals surface area contributed by atoms with Crippen LogP contribution in [0.5, 0.6) is 0 Å². The van der Waals surface area contributed by atoms with Gasteiger partial charge < -0.3 is 10.6 Å². The van der Waals surface area contributed by atoms with Crippen LogP contribution < -0.4 is 10.6 Å². The summed E-state index contributed by atoms with van der Waals surface area (Å²) in [4.78, 5) is 11.9. The van der Waals surface area contributed by atoms with Crippen LogP contribution in [0.15, 0.2) is 23.1 Å². The lowest BCUT2D eigenvalue weighted by Crippen LogP contribution is -2.32. The molecule has 0 unspecified atom stereocenters. The Morgan fingerprint density at radius 1 is 1.28 bits per heavy atom. The molecule has 1 aromatic carbocycles. The van der Waals surface area contributed by atoms with E-state index in [1.807, 2.05) is 13.8 Å². The minimum atomic E-state index is -3.38. The maximum atomic E-state index is 11.8. The monoisotopic (exact) mass is 268 g/mol. The van der Waals surface area contributed by atoms with Crippen molar-refractivity contribution in [1.29, 1.82) is 0 Å². The molecular formula is C12H16N2O3S. The van der Waals surface area contributed by atoms with Crippen LogP contribution in [0, 0.1) is 0 Å². The molecule has 1 amide bonds. The van der Waals surface area contributed by atoms with E-state index in [9.17, 15) is 13.2 Å². The molecule has 98 valence electrons. The highest BCUT2D eigenvalue weighted by atomic mass is 32.2. The minimum Gasteiger partial charge on any atom is -0.378 e. The summed E-state index contributed by atoms with van der Waals surface area (Å²) in [6.07, 6.45) is 1.41. The summed E-state index contributed by atoms with van der Waals surface area (Å²) >= 11 is 0. The zero-order valence-corrected chi connectivity index (χ0v) is 11.4. The van der Waals surface area contributed by atoms with Crippen LogP contribution in [-0.4, -0.2) is 26.1 Å². The largest absolute Gasteiger partial charge is 0.378 e. The zero-order chi connectivity index (χ0) is 13.6. The molecule has 1 aliphatic rings. The molecular weight excluding hydrogens is 252 g/mol. The highest BCUT2D eigenvalue weighted by Crippen LogP contribution is 2.35. The third-order valence-electron chi connectivity index (χ3n) is 2.77. The van der Waals surface area contributed by atoms with Crippen LogP contribution in [0.25, 0.3) is 0 Å². The summed E-state index contributed by atoms with van der Waals surface area (Å²) < 4.78 is 23.4. The molecule has 5 nitrogen and oxygen atoms in total. The van der Waals surface area contributed by atoms with Gasteiger partial charge in [0.05, 0.1) is 16.3 Å². The number of carbonyl (C=O) groups is 1. The van der Waals surface area contributed by atoms with Crippen LogP contribution in [0.4, 0.5) is 11.4 Å². The van der Waals surface area contributed by atoms with E-state index in [1.165, 1.54) is 6.07 Å². The average molecular weight is 268 g/mol. The van der Waals surface area contributed by atoms with Gasteiger partial charge in [-0.3, -0.25) is 4.79 Å². The Morgan fingerprint density at radius 3 is 2.56 bits per heavy atom. The van der Waals surface area contributed by atoms with Gasteiger partial charge in [0.2, 0.25) is 5.91 Å². The first-order valence-electron chi connectivity index (χ1n) is 5.60. The van der Waals surface area contributed by atoms with Crippen molar-refractivity contribution in [3.8, 4) is 0 Å². The number of anilines is 2. The fourth-order valence-electron chi connectivity index (χ4n) is 2.07. The molecule has 0 fully saturated rings. The lowest BCUT2D eigenvalue weighted by molar-refractivity contribution is -0.116. The normalized spacial score (nSPS) is 18.3. The standard InChI is InChI=1S/C12H16N2O3S/c1-12(2)7-10(15)13-11-8(14-12)5-4-6-9(11)18(3,16)17/h4-6,14H,7H2,1-3H3,(H,13,15). The number of benzene rings is 1. The number of sulfone groups is 1. The first-order chi connectivity index (χ1) is 8.19. The van der Waals surface area contributed by atoms with E-state index in [1.54, 1.807) is 12.1 Å². The number of hydrogen-bond donors (Lipinski definition) is 2. The lowest BCUT2D eigenvalue weighted by atomic mass is 10.0. The van der Waals surface area contributed by atoms with E-state index in [0.29, 0.717) is 11.4 Å². The number of fused-ring (bicyclic) bond motifs is 1. The fraction of sp³-hybridized carbons (Fsp3) is 0.417. The molecule has 2 N–H and O–H groups in total. The topological polar surface area (TPSA) is 75.3 Å². The maximum Gasteiger partial charge on any atom is 0.226 e. The van der Waals surface area contributed by atoms with Gasteiger partial charge in [-0.05, 0) is 26.0 Å². The van der Waals surface area contributed by atoms with Gasteiger partial charge in [-0.15, -0.1) is 0 Å². The van der Waals surface area contributed by atoms with Gasteiger partial charge in [0.15, 0.2) is 9.84 Å². The highest BCUT2D eigenvalue weighted by molar-refractivity contribution is 7.90. The predicted octanol–water partition coefficient (Wildman–Crippen LogP) is 1.62. The molecule has 2 rings (SSSR count). The second-order valence-corrected chi connectivity index (χ2v) is 7.17. The predicted molar refractivity (Wildman–Crippen MR) is 70.5 cm³/mol. The summed E-state index contributed by atoms with van der Waals surface area (Å²) in [7, 11) is -3.38. The number of para-hydroxylation sites is 1. The quantitative estimate of drug-likeness (QED) is 0.811. The van der Waals surface area contributed by atoms with E-state index in [0.717, 1.165) is 6.26 Å². The SMILES string of the molecule is CC1(C)CC(=O)Nc2c(cccc2S(C)(=O)=O)N1. The van der Waals surface area contributed by atoms with Gasteiger partial charge in [0, 0.05) is 18.2 Å². The Hall–Kier alpha value is -1.56. The van der Waals surface area contributed by atoms with Gasteiger partial charge >= 0.3 is 0 Å². The first-order valence-corrected chi connectivity index (χ1v) is 7.49. The van der Waals surface area contributed by atoms with Gasteiger partial charge in [0.1, 0.15) is 0 Å². The van der Waals surface area contributed by atoms with Crippen molar-refractivity contribution in [2.45, 2.75) is 30.7 Å². The van der Waals surface area contributed by atoms with Crippen molar-refractivity contribution >= 4 is 27.1 Å². The van der Waals surface area contributed by atoms with Crippen molar-refractivity contribution in [3.63, 3.8) is 0 Å². The van der Waals surface area contributed by atoms with Gasteiger partial charge in [-0.2, -0.15) is 0 Å². The lowest BCUT2D eigenvalue weighted by Gasteiger charge is -2.24. The summed E-state index contributed by atoms with van der Waals surface area (Å²) in [5.41, 5.74) is 0.565. The van der Waals surface area contributed by atoms with E-state index in [-0.39, 0.29) is 17.2 Å². The van der Waals surface area contributed by atoms with Gasteiger partial charge in [0.25, 0.3) is 0 Å². The number of carbonyl (C=O) groups excluding carboxylic acids is 1. The summed E-state index contributed by atoms with van der Waals surface area (Å²) in [5.74, 6) is -0.192. The Morgan fingerprint density at radius 2 is 1.94 bits per heavy atom. The van der Waals surface area contributed by atoms with E-state index >= 15 is 0 Å². The molecule has 0 spiro atoms. The van der Waals surface area contributed by atoms with E-state index in [2.05, 4.69) is 10.6 Å². The molecule has 0 saturated heterocycles. The number of rotatable bonds is 1. The number of hydrogen-bond acceptors (Lipinski definition) is 4. The molecule has 0 aromatic heterocycles. The number of nitrogens with one attached hydrogen (secondary N) is 2. The molecule has 0 aliphatic carbocycles. The molecule has 1 aromatic rings. The van der Waals surface area contributed by atoms with Crippen LogP contribution in [0.1, 0.15) is 20.3 Å². The second kappa shape index (κ2) is 3.98. The van der Waals surface area contributed by atoms with Crippen LogP contribution in [-0.2, 0) is 14.6 Å². The van der Waals surface area contributed by atoms with E-state index < -0.39 is 15.4 Å². The molecule has 6 heteroatoms. The molecule has 0 radical (unpaired) electrons. The highest BCUT2D eigenvalue weighted by Gasteiger charge is 2.29. The maximum absolute atomic E-state index is 11.8. The summed E-state index contributed by atoms with van der Waals surface area (Å²) in [5, 5.41) is 5.87. The van der Waals surface area contributed by atoms with Crippen molar-refractivity contribution in [2.75, 3.05) is 16.9 Å². The van der Waals surface area contributed by atoms with Crippen molar-refractivity contribution in [1.82, 2.24) is 0 Å². The molecule has 18 heavy (non-hydrogen) atoms. The molecule has 1 heterocycles. The minimum absolute atomic E-state index is 0.138. The fourth-order valence-corrected chi connectivity index (χ4v) is 2.92. The molecule has 0 atom stereocenters. The average Bonchev–Trinajstić information content (AvgIpc) is 2.27. The van der Waals surface area contributed by atoms with Gasteiger partial charge in [-0.1, -0.05) is 6.07 Å². The Bertz CT molecular complexity index is 606. The Kier molecular flexibility index (Phi) is 2.85. The molecule has 1 aliphatic heterocycles. The van der Waals surface area contributed by atoms with Crippen molar-refractivity contribution < 1.29 is 13.2 Å². The van der Waals surface area contributed by atoms with Gasteiger partial charge in [-0.25, -0.2) is 8.42 Å². The van der Waals surface area contributed by atoms with Crippen LogP contribution >= 0.6 is 0 Å². The summed E-state index contributed by atoms with van der Waals surface area (Å²) in [6, 6.07) is 4.92. The van der Waals surface area contributed by atoms with E-state index in [4.69, 9.17) is 0 Å². The second-order valence-electron chi connectivity index (χ2n) is 5.18. The smallest absolute Gasteiger partial charge is 0.226 e. The molecule has 0 bridgehead atoms. The number of amides is 1. The third kappa shape index (κ3) is 2.48.